The quantitative estimate of drug-likeness (QED) is 0.532. The SMILES string of the molecule is C=CCN(C(=O)Cn1cc(S(=O)(=O)N(CC)CC)ccc1=O)c1nc2c(s1)CCCC2. The third kappa shape index (κ3) is 4.97. The number of fused-ring (bicyclic) bond motifs is 1. The Kier molecular flexibility index (Phi) is 7.45. The molecular weight excluding hydrogens is 436 g/mol. The van der Waals surface area contributed by atoms with Crippen LogP contribution in [-0.4, -0.2) is 47.8 Å². The maximum atomic E-state index is 13.1. The summed E-state index contributed by atoms with van der Waals surface area (Å²) >= 11 is 1.50. The molecule has 2 aromatic heterocycles. The summed E-state index contributed by atoms with van der Waals surface area (Å²) in [5, 5.41) is 0.594. The fraction of sp³-hybridized carbons (Fsp3) is 0.476. The van der Waals surface area contributed by atoms with Gasteiger partial charge >= 0.3 is 0 Å². The molecule has 8 nitrogen and oxygen atoms in total. The summed E-state index contributed by atoms with van der Waals surface area (Å²) in [6.07, 6.45) is 6.94. The highest BCUT2D eigenvalue weighted by Crippen LogP contribution is 2.32. The van der Waals surface area contributed by atoms with Crippen LogP contribution in [0.15, 0.2) is 40.7 Å². The van der Waals surface area contributed by atoms with Crippen molar-refractivity contribution in [3.63, 3.8) is 0 Å². The average Bonchev–Trinajstić information content (AvgIpc) is 3.17. The molecule has 0 saturated carbocycles. The summed E-state index contributed by atoms with van der Waals surface area (Å²) in [5.41, 5.74) is 0.599. The molecular formula is C21H28N4O4S2. The van der Waals surface area contributed by atoms with Crippen molar-refractivity contribution < 1.29 is 13.2 Å². The molecule has 0 fully saturated rings. The van der Waals surface area contributed by atoms with Crippen molar-refractivity contribution in [1.82, 2.24) is 13.9 Å². The van der Waals surface area contributed by atoms with Gasteiger partial charge in [0.05, 0.1) is 10.6 Å². The Hall–Kier alpha value is -2.30. The van der Waals surface area contributed by atoms with E-state index in [9.17, 15) is 18.0 Å². The van der Waals surface area contributed by atoms with Crippen molar-refractivity contribution in [2.24, 2.45) is 0 Å². The van der Waals surface area contributed by atoms with Crippen LogP contribution < -0.4 is 10.5 Å². The molecule has 0 bridgehead atoms. The van der Waals surface area contributed by atoms with Crippen LogP contribution in [-0.2, 0) is 34.2 Å². The number of carbonyl (C=O) groups is 1. The maximum absolute atomic E-state index is 13.1. The summed E-state index contributed by atoms with van der Waals surface area (Å²) in [7, 11) is -3.74. The number of nitrogens with zero attached hydrogens (tertiary/aromatic N) is 4. The third-order valence-electron chi connectivity index (χ3n) is 5.28. The molecule has 3 rings (SSSR count). The molecule has 168 valence electrons. The van der Waals surface area contributed by atoms with Crippen molar-refractivity contribution in [3.05, 3.63) is 51.9 Å². The monoisotopic (exact) mass is 464 g/mol. The first-order valence-electron chi connectivity index (χ1n) is 10.4. The summed E-state index contributed by atoms with van der Waals surface area (Å²) in [6.45, 7) is 7.85. The highest BCUT2D eigenvalue weighted by molar-refractivity contribution is 7.89. The van der Waals surface area contributed by atoms with E-state index in [0.717, 1.165) is 35.9 Å². The molecule has 10 heteroatoms. The Bertz CT molecular complexity index is 1090. The Morgan fingerprint density at radius 3 is 2.61 bits per heavy atom. The summed E-state index contributed by atoms with van der Waals surface area (Å²) in [5.74, 6) is -0.342. The largest absolute Gasteiger partial charge is 0.305 e. The number of rotatable bonds is 9. The molecule has 0 spiro atoms. The minimum atomic E-state index is -3.74. The lowest BCUT2D eigenvalue weighted by atomic mass is 10.0. The normalized spacial score (nSPS) is 13.8. The summed E-state index contributed by atoms with van der Waals surface area (Å²) < 4.78 is 28.1. The number of hydrogen-bond acceptors (Lipinski definition) is 6. The van der Waals surface area contributed by atoms with Crippen LogP contribution in [0.3, 0.4) is 0 Å². The van der Waals surface area contributed by atoms with Gasteiger partial charge in [0.15, 0.2) is 5.13 Å². The molecule has 0 saturated heterocycles. The van der Waals surface area contributed by atoms with E-state index >= 15 is 0 Å². The second kappa shape index (κ2) is 9.88. The van der Waals surface area contributed by atoms with Crippen molar-refractivity contribution in [1.29, 1.82) is 0 Å². The molecule has 1 aliphatic carbocycles. The van der Waals surface area contributed by atoms with Gasteiger partial charge in [-0.05, 0) is 31.7 Å². The second-order valence-electron chi connectivity index (χ2n) is 7.29. The fourth-order valence-corrected chi connectivity index (χ4v) is 6.25. The minimum absolute atomic E-state index is 0.0106. The number of thiazole rings is 1. The molecule has 0 atom stereocenters. The lowest BCUT2D eigenvalue weighted by Crippen LogP contribution is -2.37. The summed E-state index contributed by atoms with van der Waals surface area (Å²) in [6, 6.07) is 2.47. The van der Waals surface area contributed by atoms with Crippen LogP contribution in [0.1, 0.15) is 37.3 Å². The number of hydrogen-bond donors (Lipinski definition) is 0. The zero-order chi connectivity index (χ0) is 22.6. The van der Waals surface area contributed by atoms with Crippen LogP contribution in [0, 0.1) is 0 Å². The van der Waals surface area contributed by atoms with E-state index in [1.54, 1.807) is 19.9 Å². The standard InChI is InChI=1S/C21H28N4O4S2/c1-4-13-25(21-22-17-9-7-8-10-18(17)30-21)20(27)15-23-14-16(11-12-19(23)26)31(28,29)24(5-2)6-3/h4,11-12,14H,1,5-10,13,15H2,2-3H3. The number of amides is 1. The molecule has 0 unspecified atom stereocenters. The van der Waals surface area contributed by atoms with Crippen LogP contribution in [0.5, 0.6) is 0 Å². The summed E-state index contributed by atoms with van der Waals surface area (Å²) in [4.78, 5) is 32.8. The minimum Gasteiger partial charge on any atom is -0.305 e. The van der Waals surface area contributed by atoms with Gasteiger partial charge in [0, 0.05) is 36.8 Å². The zero-order valence-electron chi connectivity index (χ0n) is 17.9. The lowest BCUT2D eigenvalue weighted by molar-refractivity contribution is -0.119. The van der Waals surface area contributed by atoms with Gasteiger partial charge in [0.1, 0.15) is 6.54 Å². The van der Waals surface area contributed by atoms with E-state index in [2.05, 4.69) is 11.6 Å². The van der Waals surface area contributed by atoms with Gasteiger partial charge in [0.25, 0.3) is 5.56 Å². The van der Waals surface area contributed by atoms with Gasteiger partial charge < -0.3 is 4.57 Å². The van der Waals surface area contributed by atoms with Gasteiger partial charge in [-0.15, -0.1) is 17.9 Å². The van der Waals surface area contributed by atoms with Crippen LogP contribution >= 0.6 is 11.3 Å². The molecule has 0 radical (unpaired) electrons. The van der Waals surface area contributed by atoms with Crippen molar-refractivity contribution in [3.8, 4) is 0 Å². The highest BCUT2D eigenvalue weighted by Gasteiger charge is 2.25. The fourth-order valence-electron chi connectivity index (χ4n) is 3.60. The van der Waals surface area contributed by atoms with Crippen molar-refractivity contribution >= 4 is 32.4 Å². The first-order valence-corrected chi connectivity index (χ1v) is 12.7. The molecule has 2 aromatic rings. The first-order chi connectivity index (χ1) is 14.8. The maximum Gasteiger partial charge on any atom is 0.251 e. The Morgan fingerprint density at radius 2 is 1.97 bits per heavy atom. The zero-order valence-corrected chi connectivity index (χ0v) is 19.5. The lowest BCUT2D eigenvalue weighted by Gasteiger charge is -2.20. The molecule has 2 heterocycles. The molecule has 1 aliphatic rings. The number of carbonyl (C=O) groups excluding carboxylic acids is 1. The second-order valence-corrected chi connectivity index (χ2v) is 10.3. The number of anilines is 1. The smallest absolute Gasteiger partial charge is 0.251 e. The van der Waals surface area contributed by atoms with Crippen LogP contribution in [0.25, 0.3) is 0 Å². The van der Waals surface area contributed by atoms with Gasteiger partial charge in [-0.3, -0.25) is 14.5 Å². The molecule has 31 heavy (non-hydrogen) atoms. The molecule has 1 amide bonds. The van der Waals surface area contributed by atoms with Gasteiger partial charge in [-0.1, -0.05) is 19.9 Å². The van der Waals surface area contributed by atoms with E-state index in [1.165, 1.54) is 43.7 Å². The third-order valence-corrected chi connectivity index (χ3v) is 8.50. The van der Waals surface area contributed by atoms with Crippen LogP contribution in [0.2, 0.25) is 0 Å². The Morgan fingerprint density at radius 1 is 1.26 bits per heavy atom. The van der Waals surface area contributed by atoms with Crippen molar-refractivity contribution in [2.75, 3.05) is 24.5 Å². The van der Waals surface area contributed by atoms with Gasteiger partial charge in [-0.25, -0.2) is 13.4 Å². The Labute approximate surface area is 186 Å². The van der Waals surface area contributed by atoms with Crippen molar-refractivity contribution in [2.45, 2.75) is 51.0 Å². The number of pyridine rings is 1. The van der Waals surface area contributed by atoms with E-state index in [0.29, 0.717) is 18.2 Å². The van der Waals surface area contributed by atoms with E-state index in [-0.39, 0.29) is 23.9 Å². The predicted octanol–water partition coefficient (Wildman–Crippen LogP) is 2.43. The van der Waals surface area contributed by atoms with E-state index in [4.69, 9.17) is 0 Å². The number of sulfonamides is 1. The highest BCUT2D eigenvalue weighted by atomic mass is 32.2. The molecule has 0 aromatic carbocycles. The molecule has 0 aliphatic heterocycles. The topological polar surface area (TPSA) is 92.6 Å². The van der Waals surface area contributed by atoms with Gasteiger partial charge in [-0.2, -0.15) is 4.31 Å². The van der Waals surface area contributed by atoms with Gasteiger partial charge in [0.2, 0.25) is 15.9 Å². The first kappa shape index (κ1) is 23.4. The number of aromatic nitrogens is 2. The molecule has 0 N–H and O–H groups in total. The van der Waals surface area contributed by atoms with Crippen LogP contribution in [0.4, 0.5) is 5.13 Å². The Balaban J connectivity index is 1.89. The number of aryl methyl sites for hydroxylation is 2. The average molecular weight is 465 g/mol. The van der Waals surface area contributed by atoms with E-state index in [1.807, 2.05) is 0 Å². The van der Waals surface area contributed by atoms with E-state index < -0.39 is 15.6 Å². The predicted molar refractivity (Wildman–Crippen MR) is 122 cm³/mol.